The van der Waals surface area contributed by atoms with Crippen LogP contribution in [0.2, 0.25) is 0 Å². The van der Waals surface area contributed by atoms with E-state index in [0.717, 1.165) is 18.1 Å². The first-order valence-corrected chi connectivity index (χ1v) is 4.99. The maximum absolute atomic E-state index is 5.93. The summed E-state index contributed by atoms with van der Waals surface area (Å²) in [5.74, 6) is 1.67. The zero-order valence-corrected chi connectivity index (χ0v) is 8.49. The summed E-state index contributed by atoms with van der Waals surface area (Å²) in [4.78, 5) is 0. The van der Waals surface area contributed by atoms with Crippen LogP contribution in [-0.2, 0) is 0 Å². The monoisotopic (exact) mass is 181 g/mol. The van der Waals surface area contributed by atoms with E-state index in [1.165, 1.54) is 12.8 Å². The van der Waals surface area contributed by atoms with E-state index in [9.17, 15) is 0 Å². The molecule has 0 aliphatic rings. The standard InChI is InChI=1S/C11H19NO/c1-9(2)5-3-6-10(12)11-7-4-8-13-11/h4,7-10H,3,5-6,12H2,1-2H3. The average Bonchev–Trinajstić information content (AvgIpc) is 2.55. The Hall–Kier alpha value is -0.760. The Balaban J connectivity index is 2.22. The minimum Gasteiger partial charge on any atom is -0.468 e. The molecule has 1 aromatic heterocycles. The fraction of sp³-hybridized carbons (Fsp3) is 0.636. The fourth-order valence-corrected chi connectivity index (χ4v) is 1.39. The molecule has 1 rings (SSSR count). The zero-order valence-electron chi connectivity index (χ0n) is 8.49. The first kappa shape index (κ1) is 10.3. The van der Waals surface area contributed by atoms with Crippen molar-refractivity contribution < 1.29 is 4.42 Å². The molecular formula is C11H19NO. The predicted molar refractivity (Wildman–Crippen MR) is 54.3 cm³/mol. The quantitative estimate of drug-likeness (QED) is 0.758. The van der Waals surface area contributed by atoms with E-state index < -0.39 is 0 Å². The van der Waals surface area contributed by atoms with E-state index in [1.54, 1.807) is 6.26 Å². The molecule has 2 N–H and O–H groups in total. The maximum Gasteiger partial charge on any atom is 0.120 e. The molecule has 0 spiro atoms. The lowest BCUT2D eigenvalue weighted by molar-refractivity contribution is 0.429. The van der Waals surface area contributed by atoms with E-state index in [1.807, 2.05) is 12.1 Å². The molecule has 0 aliphatic carbocycles. The molecule has 0 saturated heterocycles. The van der Waals surface area contributed by atoms with Crippen LogP contribution in [0, 0.1) is 5.92 Å². The van der Waals surface area contributed by atoms with Crippen molar-refractivity contribution in [1.82, 2.24) is 0 Å². The van der Waals surface area contributed by atoms with Gasteiger partial charge in [-0.15, -0.1) is 0 Å². The van der Waals surface area contributed by atoms with Gasteiger partial charge in [0, 0.05) is 0 Å². The molecule has 0 fully saturated rings. The Morgan fingerprint density at radius 3 is 2.69 bits per heavy atom. The molecule has 2 nitrogen and oxygen atoms in total. The van der Waals surface area contributed by atoms with E-state index in [2.05, 4.69) is 13.8 Å². The Morgan fingerprint density at radius 2 is 2.15 bits per heavy atom. The van der Waals surface area contributed by atoms with Gasteiger partial charge in [0.1, 0.15) is 5.76 Å². The average molecular weight is 181 g/mol. The molecule has 0 bridgehead atoms. The highest BCUT2D eigenvalue weighted by atomic mass is 16.3. The van der Waals surface area contributed by atoms with Crippen molar-refractivity contribution in [2.24, 2.45) is 11.7 Å². The van der Waals surface area contributed by atoms with Crippen LogP contribution in [0.4, 0.5) is 0 Å². The topological polar surface area (TPSA) is 39.2 Å². The molecule has 0 aliphatic heterocycles. The van der Waals surface area contributed by atoms with Crippen LogP contribution in [0.3, 0.4) is 0 Å². The van der Waals surface area contributed by atoms with E-state index in [4.69, 9.17) is 10.2 Å². The Morgan fingerprint density at radius 1 is 1.38 bits per heavy atom. The molecule has 1 heterocycles. The lowest BCUT2D eigenvalue weighted by Crippen LogP contribution is -2.09. The van der Waals surface area contributed by atoms with Crippen LogP contribution in [0.15, 0.2) is 22.8 Å². The zero-order chi connectivity index (χ0) is 9.68. The van der Waals surface area contributed by atoms with Crippen molar-refractivity contribution in [3.63, 3.8) is 0 Å². The van der Waals surface area contributed by atoms with Crippen molar-refractivity contribution in [1.29, 1.82) is 0 Å². The van der Waals surface area contributed by atoms with Crippen LogP contribution in [0.5, 0.6) is 0 Å². The summed E-state index contributed by atoms with van der Waals surface area (Å²) in [7, 11) is 0. The summed E-state index contributed by atoms with van der Waals surface area (Å²) >= 11 is 0. The van der Waals surface area contributed by atoms with Gasteiger partial charge in [-0.2, -0.15) is 0 Å². The van der Waals surface area contributed by atoms with Gasteiger partial charge in [0.15, 0.2) is 0 Å². The summed E-state index contributed by atoms with van der Waals surface area (Å²) in [6.45, 7) is 4.47. The molecule has 74 valence electrons. The van der Waals surface area contributed by atoms with Crippen molar-refractivity contribution in [2.75, 3.05) is 0 Å². The van der Waals surface area contributed by atoms with E-state index in [-0.39, 0.29) is 6.04 Å². The fourth-order valence-electron chi connectivity index (χ4n) is 1.39. The number of hydrogen-bond donors (Lipinski definition) is 1. The van der Waals surface area contributed by atoms with Crippen LogP contribution in [0.25, 0.3) is 0 Å². The summed E-state index contributed by atoms with van der Waals surface area (Å²) in [6.07, 6.45) is 5.12. The number of rotatable bonds is 5. The second-order valence-electron chi connectivity index (χ2n) is 3.95. The van der Waals surface area contributed by atoms with E-state index in [0.29, 0.717) is 0 Å². The highest BCUT2D eigenvalue weighted by Crippen LogP contribution is 2.18. The van der Waals surface area contributed by atoms with Crippen molar-refractivity contribution in [3.05, 3.63) is 24.2 Å². The van der Waals surface area contributed by atoms with Gasteiger partial charge >= 0.3 is 0 Å². The molecular weight excluding hydrogens is 162 g/mol. The Kier molecular flexibility index (Phi) is 4.03. The molecule has 1 unspecified atom stereocenters. The summed E-state index contributed by atoms with van der Waals surface area (Å²) in [5.41, 5.74) is 5.93. The molecule has 0 aromatic carbocycles. The lowest BCUT2D eigenvalue weighted by Gasteiger charge is -2.09. The van der Waals surface area contributed by atoms with Crippen LogP contribution in [0.1, 0.15) is 44.9 Å². The van der Waals surface area contributed by atoms with E-state index >= 15 is 0 Å². The molecule has 13 heavy (non-hydrogen) atoms. The Labute approximate surface area is 80.1 Å². The third-order valence-corrected chi connectivity index (χ3v) is 2.21. The van der Waals surface area contributed by atoms with Gasteiger partial charge in [0.25, 0.3) is 0 Å². The molecule has 1 aromatic rings. The summed E-state index contributed by atoms with van der Waals surface area (Å²) in [6, 6.07) is 3.91. The van der Waals surface area contributed by atoms with Gasteiger partial charge in [0.2, 0.25) is 0 Å². The van der Waals surface area contributed by atoms with Crippen LogP contribution in [-0.4, -0.2) is 0 Å². The Bertz CT molecular complexity index is 216. The van der Waals surface area contributed by atoms with Crippen molar-refractivity contribution in [3.8, 4) is 0 Å². The first-order valence-electron chi connectivity index (χ1n) is 4.99. The number of hydrogen-bond acceptors (Lipinski definition) is 2. The van der Waals surface area contributed by atoms with Gasteiger partial charge in [-0.05, 0) is 24.5 Å². The second-order valence-corrected chi connectivity index (χ2v) is 3.95. The number of furan rings is 1. The highest BCUT2D eigenvalue weighted by Gasteiger charge is 2.08. The third kappa shape index (κ3) is 3.64. The normalized spacial score (nSPS) is 13.5. The largest absolute Gasteiger partial charge is 0.468 e. The highest BCUT2D eigenvalue weighted by molar-refractivity contribution is 5.02. The molecule has 0 radical (unpaired) electrons. The second kappa shape index (κ2) is 5.07. The molecule has 0 amide bonds. The smallest absolute Gasteiger partial charge is 0.120 e. The number of nitrogens with two attached hydrogens (primary N) is 1. The van der Waals surface area contributed by atoms with Crippen LogP contribution < -0.4 is 5.73 Å². The van der Waals surface area contributed by atoms with Gasteiger partial charge in [0.05, 0.1) is 12.3 Å². The minimum atomic E-state index is 0.0775. The van der Waals surface area contributed by atoms with Crippen molar-refractivity contribution >= 4 is 0 Å². The lowest BCUT2D eigenvalue weighted by atomic mass is 10.0. The first-order chi connectivity index (χ1) is 6.20. The molecule has 2 heteroatoms. The van der Waals surface area contributed by atoms with Gasteiger partial charge in [-0.25, -0.2) is 0 Å². The minimum absolute atomic E-state index is 0.0775. The summed E-state index contributed by atoms with van der Waals surface area (Å²) < 4.78 is 5.23. The third-order valence-electron chi connectivity index (χ3n) is 2.21. The SMILES string of the molecule is CC(C)CCCC(N)c1ccco1. The van der Waals surface area contributed by atoms with Gasteiger partial charge in [-0.3, -0.25) is 0 Å². The predicted octanol–water partition coefficient (Wildman–Crippen LogP) is 3.11. The van der Waals surface area contributed by atoms with Crippen molar-refractivity contribution in [2.45, 2.75) is 39.2 Å². The maximum atomic E-state index is 5.93. The van der Waals surface area contributed by atoms with Gasteiger partial charge < -0.3 is 10.2 Å². The summed E-state index contributed by atoms with van der Waals surface area (Å²) in [5, 5.41) is 0. The van der Waals surface area contributed by atoms with Gasteiger partial charge in [-0.1, -0.05) is 26.7 Å². The molecule has 1 atom stereocenters. The molecule has 0 saturated carbocycles. The van der Waals surface area contributed by atoms with Crippen LogP contribution >= 0.6 is 0 Å².